The molecule has 3 nitrogen and oxygen atoms in total. The van der Waals surface area contributed by atoms with Crippen LogP contribution >= 0.6 is 0 Å². The molecule has 0 aliphatic carbocycles. The first-order valence-electron chi connectivity index (χ1n) is 4.61. The molecule has 2 rings (SSSR count). The standard InChI is InChI=1S/C12H8FN3/c13-11-4-8(7-14)3-10(5-11)9-1-2-16-12(15)6-9/h1-6H,(H2,15,16). The Bertz CT molecular complexity index is 573. The molecule has 0 atom stereocenters. The first kappa shape index (κ1) is 10.1. The predicted molar refractivity (Wildman–Crippen MR) is 58.8 cm³/mol. The number of nitriles is 1. The summed E-state index contributed by atoms with van der Waals surface area (Å²) in [6.45, 7) is 0. The van der Waals surface area contributed by atoms with Crippen molar-refractivity contribution in [3.8, 4) is 17.2 Å². The Morgan fingerprint density at radius 1 is 1.19 bits per heavy atom. The summed E-state index contributed by atoms with van der Waals surface area (Å²) in [5.74, 6) is -0.0790. The van der Waals surface area contributed by atoms with Crippen LogP contribution in [0.2, 0.25) is 0 Å². The number of nitrogen functional groups attached to an aromatic ring is 1. The van der Waals surface area contributed by atoms with E-state index in [1.165, 1.54) is 12.1 Å². The van der Waals surface area contributed by atoms with E-state index in [0.717, 1.165) is 5.56 Å². The average molecular weight is 213 g/mol. The van der Waals surface area contributed by atoms with E-state index in [-0.39, 0.29) is 5.56 Å². The van der Waals surface area contributed by atoms with E-state index in [2.05, 4.69) is 4.98 Å². The zero-order valence-corrected chi connectivity index (χ0v) is 8.31. The van der Waals surface area contributed by atoms with Gasteiger partial charge in [0.25, 0.3) is 0 Å². The van der Waals surface area contributed by atoms with Crippen molar-refractivity contribution in [2.45, 2.75) is 0 Å². The molecule has 0 saturated heterocycles. The fourth-order valence-electron chi connectivity index (χ4n) is 1.45. The number of aromatic nitrogens is 1. The molecule has 0 aliphatic rings. The summed E-state index contributed by atoms with van der Waals surface area (Å²) < 4.78 is 13.2. The Hall–Kier alpha value is -2.41. The van der Waals surface area contributed by atoms with Crippen molar-refractivity contribution in [3.05, 3.63) is 47.9 Å². The molecule has 1 aromatic carbocycles. The van der Waals surface area contributed by atoms with Crippen molar-refractivity contribution in [2.24, 2.45) is 0 Å². The van der Waals surface area contributed by atoms with E-state index in [4.69, 9.17) is 11.0 Å². The Morgan fingerprint density at radius 3 is 2.69 bits per heavy atom. The maximum Gasteiger partial charge on any atom is 0.125 e. The minimum absolute atomic E-state index is 0.283. The molecule has 0 spiro atoms. The lowest BCUT2D eigenvalue weighted by atomic mass is 10.0. The van der Waals surface area contributed by atoms with Crippen LogP contribution in [0.15, 0.2) is 36.5 Å². The fraction of sp³-hybridized carbons (Fsp3) is 0. The minimum Gasteiger partial charge on any atom is -0.384 e. The lowest BCUT2D eigenvalue weighted by Gasteiger charge is -2.03. The van der Waals surface area contributed by atoms with Gasteiger partial charge in [-0.2, -0.15) is 5.26 Å². The van der Waals surface area contributed by atoms with E-state index in [1.54, 1.807) is 24.4 Å². The quantitative estimate of drug-likeness (QED) is 0.790. The number of rotatable bonds is 1. The highest BCUT2D eigenvalue weighted by Gasteiger charge is 2.03. The molecule has 1 heterocycles. The van der Waals surface area contributed by atoms with E-state index in [1.807, 2.05) is 6.07 Å². The van der Waals surface area contributed by atoms with Crippen LogP contribution in [-0.4, -0.2) is 4.98 Å². The van der Waals surface area contributed by atoms with E-state index >= 15 is 0 Å². The summed E-state index contributed by atoms with van der Waals surface area (Å²) in [6, 6.07) is 9.41. The highest BCUT2D eigenvalue weighted by atomic mass is 19.1. The van der Waals surface area contributed by atoms with Gasteiger partial charge in [-0.25, -0.2) is 9.37 Å². The summed E-state index contributed by atoms with van der Waals surface area (Å²) in [5.41, 5.74) is 7.17. The van der Waals surface area contributed by atoms with Gasteiger partial charge in [-0.3, -0.25) is 0 Å². The van der Waals surface area contributed by atoms with E-state index in [9.17, 15) is 4.39 Å². The van der Waals surface area contributed by atoms with Gasteiger partial charge in [0.1, 0.15) is 11.6 Å². The van der Waals surface area contributed by atoms with Crippen LogP contribution in [0.1, 0.15) is 5.56 Å². The largest absolute Gasteiger partial charge is 0.384 e. The summed E-state index contributed by atoms with van der Waals surface area (Å²) in [5, 5.41) is 8.73. The molecule has 0 saturated carbocycles. The number of anilines is 1. The predicted octanol–water partition coefficient (Wildman–Crippen LogP) is 2.34. The van der Waals surface area contributed by atoms with Crippen LogP contribution in [0.3, 0.4) is 0 Å². The second kappa shape index (κ2) is 3.99. The van der Waals surface area contributed by atoms with Crippen LogP contribution in [0.4, 0.5) is 10.2 Å². The van der Waals surface area contributed by atoms with Crippen molar-refractivity contribution in [3.63, 3.8) is 0 Å². The van der Waals surface area contributed by atoms with Gasteiger partial charge in [0.2, 0.25) is 0 Å². The molecule has 1 aromatic heterocycles. The summed E-state index contributed by atoms with van der Waals surface area (Å²) in [4.78, 5) is 3.85. The van der Waals surface area contributed by atoms with Crippen LogP contribution in [-0.2, 0) is 0 Å². The molecule has 16 heavy (non-hydrogen) atoms. The number of hydrogen-bond donors (Lipinski definition) is 1. The van der Waals surface area contributed by atoms with Crippen LogP contribution < -0.4 is 5.73 Å². The molecular weight excluding hydrogens is 205 g/mol. The van der Waals surface area contributed by atoms with Crippen LogP contribution in [0, 0.1) is 17.1 Å². The molecule has 2 aromatic rings. The van der Waals surface area contributed by atoms with Crippen molar-refractivity contribution < 1.29 is 4.39 Å². The molecular formula is C12H8FN3. The molecule has 0 radical (unpaired) electrons. The second-order valence-corrected chi connectivity index (χ2v) is 3.31. The summed E-state index contributed by atoms with van der Waals surface area (Å²) >= 11 is 0. The van der Waals surface area contributed by atoms with E-state index in [0.29, 0.717) is 11.4 Å². The normalized spacial score (nSPS) is 9.75. The van der Waals surface area contributed by atoms with Gasteiger partial charge in [-0.1, -0.05) is 0 Å². The maximum atomic E-state index is 13.2. The van der Waals surface area contributed by atoms with Crippen LogP contribution in [0.5, 0.6) is 0 Å². The smallest absolute Gasteiger partial charge is 0.125 e. The topological polar surface area (TPSA) is 62.7 Å². The van der Waals surface area contributed by atoms with Gasteiger partial charge in [-0.15, -0.1) is 0 Å². The highest BCUT2D eigenvalue weighted by molar-refractivity contribution is 5.67. The average Bonchev–Trinajstić information content (AvgIpc) is 2.28. The number of nitrogens with two attached hydrogens (primary N) is 1. The lowest BCUT2D eigenvalue weighted by Crippen LogP contribution is -1.90. The molecule has 2 N–H and O–H groups in total. The molecule has 0 fully saturated rings. The Kier molecular flexibility index (Phi) is 2.52. The Labute approximate surface area is 92.0 Å². The zero-order chi connectivity index (χ0) is 11.5. The van der Waals surface area contributed by atoms with Crippen molar-refractivity contribution >= 4 is 5.82 Å². The lowest BCUT2D eigenvalue weighted by molar-refractivity contribution is 0.628. The third-order valence-electron chi connectivity index (χ3n) is 2.14. The monoisotopic (exact) mass is 213 g/mol. The number of halogens is 1. The summed E-state index contributed by atoms with van der Waals surface area (Å²) in [6.07, 6.45) is 1.54. The van der Waals surface area contributed by atoms with Crippen molar-refractivity contribution in [1.29, 1.82) is 5.26 Å². The Morgan fingerprint density at radius 2 is 2.00 bits per heavy atom. The number of hydrogen-bond acceptors (Lipinski definition) is 3. The first-order valence-corrected chi connectivity index (χ1v) is 4.61. The summed E-state index contributed by atoms with van der Waals surface area (Å²) in [7, 11) is 0. The van der Waals surface area contributed by atoms with Crippen LogP contribution in [0.25, 0.3) is 11.1 Å². The first-order chi connectivity index (χ1) is 7.69. The zero-order valence-electron chi connectivity index (χ0n) is 8.31. The SMILES string of the molecule is N#Cc1cc(F)cc(-c2ccnc(N)c2)c1. The van der Waals surface area contributed by atoms with Gasteiger partial charge in [0.15, 0.2) is 0 Å². The molecule has 0 aliphatic heterocycles. The van der Waals surface area contributed by atoms with Gasteiger partial charge in [-0.05, 0) is 41.5 Å². The van der Waals surface area contributed by atoms with Crippen molar-refractivity contribution in [1.82, 2.24) is 4.98 Å². The molecule has 4 heteroatoms. The highest BCUT2D eigenvalue weighted by Crippen LogP contribution is 2.22. The third kappa shape index (κ3) is 1.98. The number of nitrogens with zero attached hydrogens (tertiary/aromatic N) is 2. The molecule has 0 amide bonds. The number of pyridine rings is 1. The van der Waals surface area contributed by atoms with Gasteiger partial charge in [0.05, 0.1) is 11.6 Å². The minimum atomic E-state index is -0.440. The van der Waals surface area contributed by atoms with Crippen molar-refractivity contribution in [2.75, 3.05) is 5.73 Å². The fourth-order valence-corrected chi connectivity index (χ4v) is 1.45. The molecule has 78 valence electrons. The second-order valence-electron chi connectivity index (χ2n) is 3.31. The van der Waals surface area contributed by atoms with Gasteiger partial charge < -0.3 is 5.73 Å². The molecule has 0 unspecified atom stereocenters. The maximum absolute atomic E-state index is 13.2. The number of benzene rings is 1. The molecule has 0 bridgehead atoms. The van der Waals surface area contributed by atoms with E-state index < -0.39 is 5.82 Å². The Balaban J connectivity index is 2.56. The van der Waals surface area contributed by atoms with Gasteiger partial charge >= 0.3 is 0 Å². The van der Waals surface area contributed by atoms with Gasteiger partial charge in [0, 0.05) is 6.20 Å². The third-order valence-corrected chi connectivity index (χ3v) is 2.14.